The van der Waals surface area contributed by atoms with Gasteiger partial charge in [0.1, 0.15) is 0 Å². The minimum atomic E-state index is -5.46. The Morgan fingerprint density at radius 3 is 0.941 bits per heavy atom. The van der Waals surface area contributed by atoms with E-state index >= 15 is 0 Å². The van der Waals surface area contributed by atoms with Crippen molar-refractivity contribution in [3.8, 4) is 0 Å². The Bertz CT molecular complexity index is 300. The molecule has 0 unspecified atom stereocenters. The van der Waals surface area contributed by atoms with Crippen LogP contribution >= 0.6 is 23.5 Å². The van der Waals surface area contributed by atoms with E-state index in [4.69, 9.17) is 24.5 Å². The first-order valence-corrected chi connectivity index (χ1v) is 6.83. The summed E-state index contributed by atoms with van der Waals surface area (Å²) in [5, 5.41) is 0. The smallest absolute Gasteiger partial charge is 1.00 e. The molecule has 0 saturated carbocycles. The van der Waals surface area contributed by atoms with E-state index in [1.807, 2.05) is 0 Å². The number of hydrogen-bond donors (Lipinski definition) is 5. The predicted octanol–water partition coefficient (Wildman–Crippen LogP) is -12.2. The van der Waals surface area contributed by atoms with Crippen LogP contribution in [0.2, 0.25) is 0 Å². The molecule has 0 aliphatic carbocycles. The van der Waals surface area contributed by atoms with Crippen LogP contribution in [0.4, 0.5) is 0 Å². The summed E-state index contributed by atoms with van der Waals surface area (Å²) in [7, 11) is -16.2. The molecule has 88 valence electrons. The normalized spacial score (nSPS) is 11.1. The van der Waals surface area contributed by atoms with Crippen molar-refractivity contribution in [3.63, 3.8) is 0 Å². The molecule has 0 radical (unpaired) electrons. The van der Waals surface area contributed by atoms with Gasteiger partial charge in [-0.3, -0.25) is 0 Å². The van der Waals surface area contributed by atoms with Crippen molar-refractivity contribution < 1.29 is 171 Å². The molecular formula is H9Na4O10P3. The van der Waals surface area contributed by atoms with Gasteiger partial charge in [-0.1, -0.05) is 0 Å². The van der Waals surface area contributed by atoms with E-state index in [0.717, 1.165) is 0 Å². The Kier molecular flexibility index (Phi) is 25.1. The summed E-state index contributed by atoms with van der Waals surface area (Å²) in [5.41, 5.74) is 0. The average molecular weight is 354 g/mol. The fourth-order valence-electron chi connectivity index (χ4n) is 0.284. The van der Waals surface area contributed by atoms with Crippen molar-refractivity contribution in [2.24, 2.45) is 0 Å². The van der Waals surface area contributed by atoms with Gasteiger partial charge in [-0.2, -0.15) is 8.62 Å². The first-order valence-electron chi connectivity index (χ1n) is 2.28. The summed E-state index contributed by atoms with van der Waals surface area (Å²) >= 11 is 0. The van der Waals surface area contributed by atoms with Crippen LogP contribution in [0.5, 0.6) is 0 Å². The summed E-state index contributed by atoms with van der Waals surface area (Å²) in [4.78, 5) is 40.2. The minimum Gasteiger partial charge on any atom is -1.00 e. The molecule has 0 fully saturated rings. The topological polar surface area (TPSA) is 171 Å². The van der Waals surface area contributed by atoms with Crippen molar-refractivity contribution in [2.45, 2.75) is 0 Å². The molecule has 17 heteroatoms. The number of rotatable bonds is 4. The maximum absolute atomic E-state index is 10.4. The molecule has 0 spiro atoms. The van der Waals surface area contributed by atoms with Crippen LogP contribution in [-0.4, -0.2) is 24.5 Å². The Morgan fingerprint density at radius 1 is 0.647 bits per heavy atom. The Hall–Kier alpha value is 4.41. The largest absolute Gasteiger partial charge is 1.00 e. The van der Waals surface area contributed by atoms with Gasteiger partial charge in [-0.15, -0.1) is 0 Å². The van der Waals surface area contributed by atoms with Crippen molar-refractivity contribution in [1.29, 1.82) is 0 Å². The molecule has 0 heterocycles. The predicted molar refractivity (Wildman–Crippen MR) is 40.5 cm³/mol. The van der Waals surface area contributed by atoms with E-state index in [1.54, 1.807) is 0 Å². The number of hydrogen-bond acceptors (Lipinski definition) is 5. The Balaban J connectivity index is -0.0000000257. The number of phosphoric acid groups is 3. The van der Waals surface area contributed by atoms with Gasteiger partial charge in [0.15, 0.2) is 0 Å². The van der Waals surface area contributed by atoms with Crippen LogP contribution in [0, 0.1) is 0 Å². The Labute approximate surface area is 191 Å². The molecule has 17 heavy (non-hydrogen) atoms. The fraction of sp³-hybridized carbons (Fsp3) is 0. The minimum absolute atomic E-state index is 0. The SMILES string of the molecule is O=P(O)(O)OP(=O)(O)OP(=O)(O)O.[H-].[H-].[H-].[H-].[Na+].[Na+].[Na+].[Na+]. The molecule has 0 atom stereocenters. The third-order valence-corrected chi connectivity index (χ3v) is 3.77. The van der Waals surface area contributed by atoms with Crippen molar-refractivity contribution >= 4 is 23.5 Å². The van der Waals surface area contributed by atoms with Crippen LogP contribution in [0.3, 0.4) is 0 Å². The quantitative estimate of drug-likeness (QED) is 0.241. The molecule has 0 aromatic heterocycles. The summed E-state index contributed by atoms with van der Waals surface area (Å²) in [6.07, 6.45) is 0. The van der Waals surface area contributed by atoms with E-state index in [9.17, 15) is 13.7 Å². The molecule has 0 rings (SSSR count). The molecule has 0 amide bonds. The Morgan fingerprint density at radius 2 is 0.824 bits per heavy atom. The van der Waals surface area contributed by atoms with Gasteiger partial charge in [0, 0.05) is 0 Å². The van der Waals surface area contributed by atoms with E-state index < -0.39 is 23.5 Å². The summed E-state index contributed by atoms with van der Waals surface area (Å²) in [5.74, 6) is 0. The molecule has 0 aliphatic rings. The molecule has 0 saturated heterocycles. The van der Waals surface area contributed by atoms with E-state index in [0.29, 0.717) is 0 Å². The molecule has 0 bridgehead atoms. The maximum atomic E-state index is 10.4. The van der Waals surface area contributed by atoms with Crippen LogP contribution in [0.25, 0.3) is 0 Å². The average Bonchev–Trinajstić information content (AvgIpc) is 1.43. The maximum Gasteiger partial charge on any atom is 1.00 e. The third kappa shape index (κ3) is 25.7. The fourth-order valence-corrected chi connectivity index (χ4v) is 2.82. The van der Waals surface area contributed by atoms with Gasteiger partial charge in [-0.05, 0) is 0 Å². The van der Waals surface area contributed by atoms with Crippen molar-refractivity contribution in [3.05, 3.63) is 0 Å². The summed E-state index contributed by atoms with van der Waals surface area (Å²) < 4.78 is 36.4. The zero-order valence-corrected chi connectivity index (χ0v) is 20.3. The van der Waals surface area contributed by atoms with Crippen LogP contribution in [0.15, 0.2) is 0 Å². The van der Waals surface area contributed by atoms with Crippen LogP contribution < -0.4 is 118 Å². The molecule has 10 nitrogen and oxygen atoms in total. The van der Waals surface area contributed by atoms with Crippen LogP contribution in [-0.2, 0) is 22.3 Å². The third-order valence-electron chi connectivity index (χ3n) is 0.419. The second-order valence-corrected chi connectivity index (χ2v) is 5.82. The standard InChI is InChI=1S/4Na.H5O10P3.4H/c;;;;1-11(2,3)9-13(7,8)10-12(4,5)6;;;;/h;;;;(H,7,8)(H2,1,2,3)(H2,4,5,6);;;;/q4*+1;;4*-1. The molecule has 0 aromatic rings. The summed E-state index contributed by atoms with van der Waals surface area (Å²) in [6.45, 7) is 0. The van der Waals surface area contributed by atoms with Gasteiger partial charge >= 0.3 is 142 Å². The molecule has 5 N–H and O–H groups in total. The van der Waals surface area contributed by atoms with Gasteiger partial charge in [0.25, 0.3) is 0 Å². The van der Waals surface area contributed by atoms with Gasteiger partial charge in [0.05, 0.1) is 0 Å². The second-order valence-electron chi connectivity index (χ2n) is 1.61. The zero-order valence-electron chi connectivity index (χ0n) is 13.6. The van der Waals surface area contributed by atoms with E-state index in [-0.39, 0.29) is 124 Å². The van der Waals surface area contributed by atoms with E-state index in [1.165, 1.54) is 0 Å². The van der Waals surface area contributed by atoms with Gasteiger partial charge in [-0.25, -0.2) is 13.7 Å². The monoisotopic (exact) mass is 354 g/mol. The molecule has 0 aromatic carbocycles. The first kappa shape index (κ1) is 33.1. The van der Waals surface area contributed by atoms with Crippen LogP contribution in [0.1, 0.15) is 5.71 Å². The van der Waals surface area contributed by atoms with Gasteiger partial charge in [0.2, 0.25) is 0 Å². The van der Waals surface area contributed by atoms with E-state index in [2.05, 4.69) is 8.62 Å². The first-order chi connectivity index (χ1) is 5.41. The molecular weight excluding hydrogens is 345 g/mol. The van der Waals surface area contributed by atoms with Crippen molar-refractivity contribution in [1.82, 2.24) is 0 Å². The van der Waals surface area contributed by atoms with Crippen molar-refractivity contribution in [2.75, 3.05) is 0 Å². The molecule has 0 aliphatic heterocycles. The zero-order chi connectivity index (χ0) is 10.9. The van der Waals surface area contributed by atoms with Gasteiger partial charge < -0.3 is 30.2 Å². The second kappa shape index (κ2) is 12.9. The summed E-state index contributed by atoms with van der Waals surface area (Å²) in [6, 6.07) is 0.